The first-order chi connectivity index (χ1) is 12.0. The fraction of sp³-hybridized carbons (Fsp3) is 0.500. The number of rotatable bonds is 8. The van der Waals surface area contributed by atoms with Crippen LogP contribution in [-0.4, -0.2) is 29.3 Å². The maximum absolute atomic E-state index is 12.7. The molecular weight excluding hydrogens is 325 g/mol. The number of nitrogens with two attached hydrogens (primary N) is 1. The van der Waals surface area contributed by atoms with Crippen molar-refractivity contribution < 1.29 is 18.4 Å². The second-order valence-corrected chi connectivity index (χ2v) is 6.70. The zero-order valence-electron chi connectivity index (χ0n) is 14.4. The van der Waals surface area contributed by atoms with Crippen LogP contribution < -0.4 is 10.5 Å². The summed E-state index contributed by atoms with van der Waals surface area (Å²) in [7, 11) is 0. The summed E-state index contributed by atoms with van der Waals surface area (Å²) in [4.78, 5) is 16.5. The van der Waals surface area contributed by atoms with Crippen LogP contribution in [0.1, 0.15) is 53.8 Å². The van der Waals surface area contributed by atoms with E-state index in [1.807, 2.05) is 6.92 Å². The number of primary amides is 1. The van der Waals surface area contributed by atoms with Gasteiger partial charge in [-0.3, -0.25) is 4.79 Å². The third-order valence-corrected chi connectivity index (χ3v) is 4.59. The van der Waals surface area contributed by atoms with E-state index in [1.54, 1.807) is 25.1 Å². The first-order valence-electron chi connectivity index (χ1n) is 8.38. The van der Waals surface area contributed by atoms with Gasteiger partial charge in [0.05, 0.1) is 5.41 Å². The molecule has 1 aromatic heterocycles. The third-order valence-electron chi connectivity index (χ3n) is 4.59. The minimum absolute atomic E-state index is 0.0972. The number of nitrogens with zero attached hydrogens (tertiary/aromatic N) is 2. The highest BCUT2D eigenvalue weighted by Crippen LogP contribution is 2.48. The zero-order chi connectivity index (χ0) is 18.0. The summed E-state index contributed by atoms with van der Waals surface area (Å²) in [5, 5.41) is 4.10. The fourth-order valence-electron chi connectivity index (χ4n) is 3.30. The van der Waals surface area contributed by atoms with E-state index in [2.05, 4.69) is 10.1 Å². The van der Waals surface area contributed by atoms with Crippen LogP contribution in [0.2, 0.25) is 0 Å². The van der Waals surface area contributed by atoms with E-state index in [0.717, 1.165) is 19.3 Å². The average Bonchev–Trinajstić information content (AvgIpc) is 3.28. The van der Waals surface area contributed by atoms with Crippen molar-refractivity contribution in [1.82, 2.24) is 10.1 Å². The number of aryl methyl sites for hydroxylation is 1. The molecule has 1 aliphatic carbocycles. The number of carbonyl (C=O) groups excluding carboxylic acids is 1. The molecule has 134 valence electrons. The standard InChI is InChI=1S/C18H22FN3O3/c1-11-21-17(22-25-11)18(2,10-12-6-7-12)15-13(16(20)23)4-3-5-14(15)24-9-8-19/h3-5,12H,6-10H2,1-2H3,(H2,20,23). The highest BCUT2D eigenvalue weighted by atomic mass is 19.1. The average molecular weight is 347 g/mol. The van der Waals surface area contributed by atoms with Crippen LogP contribution >= 0.6 is 0 Å². The number of hydrogen-bond acceptors (Lipinski definition) is 5. The summed E-state index contributed by atoms with van der Waals surface area (Å²) in [6.45, 7) is 2.95. The van der Waals surface area contributed by atoms with Crippen LogP contribution in [-0.2, 0) is 5.41 Å². The number of benzene rings is 1. The number of alkyl halides is 1. The van der Waals surface area contributed by atoms with Gasteiger partial charge in [0, 0.05) is 18.1 Å². The van der Waals surface area contributed by atoms with Crippen molar-refractivity contribution in [3.8, 4) is 5.75 Å². The van der Waals surface area contributed by atoms with Crippen molar-refractivity contribution in [1.29, 1.82) is 0 Å². The lowest BCUT2D eigenvalue weighted by molar-refractivity contribution is 0.0997. The molecule has 2 N–H and O–H groups in total. The number of aromatic nitrogens is 2. The van der Waals surface area contributed by atoms with Crippen LogP contribution in [0.3, 0.4) is 0 Å². The molecule has 1 fully saturated rings. The molecule has 0 saturated heterocycles. The van der Waals surface area contributed by atoms with Gasteiger partial charge in [-0.2, -0.15) is 4.98 Å². The molecule has 1 atom stereocenters. The van der Waals surface area contributed by atoms with Crippen LogP contribution in [0, 0.1) is 12.8 Å². The summed E-state index contributed by atoms with van der Waals surface area (Å²) >= 11 is 0. The quantitative estimate of drug-likeness (QED) is 0.793. The molecule has 6 nitrogen and oxygen atoms in total. The summed E-state index contributed by atoms with van der Waals surface area (Å²) < 4.78 is 23.4. The molecule has 0 bridgehead atoms. The van der Waals surface area contributed by atoms with Crippen molar-refractivity contribution >= 4 is 5.91 Å². The Morgan fingerprint density at radius 2 is 2.24 bits per heavy atom. The van der Waals surface area contributed by atoms with Gasteiger partial charge >= 0.3 is 0 Å². The lowest BCUT2D eigenvalue weighted by Gasteiger charge is -2.30. The molecule has 1 aromatic carbocycles. The maximum atomic E-state index is 12.7. The predicted molar refractivity (Wildman–Crippen MR) is 89.3 cm³/mol. The van der Waals surface area contributed by atoms with Gasteiger partial charge in [0.15, 0.2) is 5.82 Å². The van der Waals surface area contributed by atoms with E-state index in [9.17, 15) is 9.18 Å². The van der Waals surface area contributed by atoms with Gasteiger partial charge in [-0.05, 0) is 31.4 Å². The number of amides is 1. The second-order valence-electron chi connectivity index (χ2n) is 6.70. The van der Waals surface area contributed by atoms with Crippen molar-refractivity contribution in [3.63, 3.8) is 0 Å². The molecule has 0 spiro atoms. The van der Waals surface area contributed by atoms with Crippen LogP contribution in [0.15, 0.2) is 22.7 Å². The molecule has 0 aliphatic heterocycles. The van der Waals surface area contributed by atoms with E-state index >= 15 is 0 Å². The van der Waals surface area contributed by atoms with E-state index in [0.29, 0.717) is 34.5 Å². The fourth-order valence-corrected chi connectivity index (χ4v) is 3.30. The first kappa shape index (κ1) is 17.4. The Labute approximate surface area is 145 Å². The van der Waals surface area contributed by atoms with Gasteiger partial charge in [0.1, 0.15) is 19.0 Å². The highest BCUT2D eigenvalue weighted by molar-refractivity contribution is 5.95. The molecule has 1 aliphatic rings. The van der Waals surface area contributed by atoms with Crippen molar-refractivity contribution in [2.75, 3.05) is 13.3 Å². The summed E-state index contributed by atoms with van der Waals surface area (Å²) in [5.74, 6) is 1.30. The van der Waals surface area contributed by atoms with Gasteiger partial charge in [0.2, 0.25) is 11.8 Å². The lowest BCUT2D eigenvalue weighted by Crippen LogP contribution is -2.31. The Kier molecular flexibility index (Phi) is 4.74. The van der Waals surface area contributed by atoms with Crippen molar-refractivity contribution in [2.45, 2.75) is 38.5 Å². The molecular formula is C18H22FN3O3. The number of carbonyl (C=O) groups is 1. The van der Waals surface area contributed by atoms with Crippen LogP contribution in [0.25, 0.3) is 0 Å². The molecule has 7 heteroatoms. The number of ether oxygens (including phenoxy) is 1. The smallest absolute Gasteiger partial charge is 0.249 e. The Hall–Kier alpha value is -2.44. The van der Waals surface area contributed by atoms with E-state index < -0.39 is 18.0 Å². The summed E-state index contributed by atoms with van der Waals surface area (Å²) in [6.07, 6.45) is 2.97. The summed E-state index contributed by atoms with van der Waals surface area (Å²) in [5.41, 5.74) is 5.83. The highest BCUT2D eigenvalue weighted by Gasteiger charge is 2.43. The molecule has 1 heterocycles. The molecule has 3 rings (SSSR count). The minimum atomic E-state index is -0.712. The Morgan fingerprint density at radius 1 is 1.48 bits per heavy atom. The maximum Gasteiger partial charge on any atom is 0.249 e. The number of halogens is 1. The van der Waals surface area contributed by atoms with Crippen molar-refractivity contribution in [2.24, 2.45) is 11.7 Å². The van der Waals surface area contributed by atoms with Gasteiger partial charge < -0.3 is 15.0 Å². The third kappa shape index (κ3) is 3.50. The van der Waals surface area contributed by atoms with Gasteiger partial charge in [0.25, 0.3) is 0 Å². The van der Waals surface area contributed by atoms with E-state index in [-0.39, 0.29) is 6.61 Å². The number of hydrogen-bond donors (Lipinski definition) is 1. The summed E-state index contributed by atoms with van der Waals surface area (Å²) in [6, 6.07) is 5.05. The SMILES string of the molecule is Cc1nc(C(C)(CC2CC2)c2c(OCCF)cccc2C(N)=O)no1. The molecule has 0 radical (unpaired) electrons. The first-order valence-corrected chi connectivity index (χ1v) is 8.38. The largest absolute Gasteiger partial charge is 0.491 e. The Bertz CT molecular complexity index is 773. The molecule has 1 amide bonds. The Morgan fingerprint density at radius 3 is 2.80 bits per heavy atom. The Balaban J connectivity index is 2.18. The van der Waals surface area contributed by atoms with E-state index in [4.69, 9.17) is 15.0 Å². The zero-order valence-corrected chi connectivity index (χ0v) is 14.4. The normalized spacial score (nSPS) is 16.4. The van der Waals surface area contributed by atoms with Gasteiger partial charge in [-0.15, -0.1) is 0 Å². The lowest BCUT2D eigenvalue weighted by atomic mass is 9.74. The monoisotopic (exact) mass is 347 g/mol. The van der Waals surface area contributed by atoms with E-state index in [1.165, 1.54) is 0 Å². The predicted octanol–water partition coefficient (Wildman–Crippen LogP) is 2.93. The molecule has 25 heavy (non-hydrogen) atoms. The van der Waals surface area contributed by atoms with Gasteiger partial charge in [-0.25, -0.2) is 4.39 Å². The topological polar surface area (TPSA) is 91.2 Å². The van der Waals surface area contributed by atoms with Crippen LogP contribution in [0.4, 0.5) is 4.39 Å². The van der Waals surface area contributed by atoms with Gasteiger partial charge in [-0.1, -0.05) is 24.1 Å². The molecule has 2 aromatic rings. The van der Waals surface area contributed by atoms with Crippen LogP contribution in [0.5, 0.6) is 5.75 Å². The second kappa shape index (κ2) is 6.82. The minimum Gasteiger partial charge on any atom is -0.491 e. The van der Waals surface area contributed by atoms with Crippen molar-refractivity contribution in [3.05, 3.63) is 41.0 Å². The molecule has 1 saturated carbocycles. The molecule has 1 unspecified atom stereocenters.